The van der Waals surface area contributed by atoms with Crippen LogP contribution in [-0.2, 0) is 0 Å². The van der Waals surface area contributed by atoms with Gasteiger partial charge in [-0.25, -0.2) is 0 Å². The normalized spacial score (nSPS) is 13.9. The van der Waals surface area contributed by atoms with Gasteiger partial charge in [-0.15, -0.1) is 0 Å². The molecule has 1 N–H and O–H groups in total. The fourth-order valence-corrected chi connectivity index (χ4v) is 3.75. The summed E-state index contributed by atoms with van der Waals surface area (Å²) >= 11 is 0. The van der Waals surface area contributed by atoms with E-state index in [1.165, 1.54) is 5.30 Å². The molecule has 0 saturated heterocycles. The summed E-state index contributed by atoms with van der Waals surface area (Å²) in [6, 6.07) is 20.4. The van der Waals surface area contributed by atoms with Crippen LogP contribution in [0.15, 0.2) is 60.7 Å². The Balaban J connectivity index is 2.16. The topological polar surface area (TPSA) is 20.2 Å². The molecule has 0 spiro atoms. The molecule has 0 aliphatic heterocycles. The first-order valence-corrected chi connectivity index (χ1v) is 7.39. The maximum absolute atomic E-state index is 10.5. The van der Waals surface area contributed by atoms with Gasteiger partial charge in [-0.05, 0) is 31.5 Å². The van der Waals surface area contributed by atoms with Gasteiger partial charge in [0.05, 0.1) is 5.30 Å². The monoisotopic (exact) mass is 259 g/mol. The first kappa shape index (κ1) is 13.3. The molecule has 2 heteroatoms. The van der Waals surface area contributed by atoms with E-state index in [0.29, 0.717) is 0 Å². The maximum Gasteiger partial charge on any atom is 0.118 e. The Morgan fingerprint density at radius 2 is 1.39 bits per heavy atom. The standard InChI is InChI=1S/C16H19OP/c1-16(2,18-14-11-7-4-8-12-14)15(17)13-9-5-3-6-10-13/h3-12,15,17-18H,1-2H3/p+1. The third kappa shape index (κ3) is 3.19. The van der Waals surface area contributed by atoms with E-state index in [9.17, 15) is 5.11 Å². The van der Waals surface area contributed by atoms with Crippen LogP contribution in [0, 0.1) is 0 Å². The zero-order chi connectivity index (χ0) is 13.0. The minimum Gasteiger partial charge on any atom is -0.384 e. The summed E-state index contributed by atoms with van der Waals surface area (Å²) in [4.78, 5) is 0. The van der Waals surface area contributed by atoms with Crippen molar-refractivity contribution in [3.05, 3.63) is 66.2 Å². The number of hydrogen-bond donors (Lipinski definition) is 1. The summed E-state index contributed by atoms with van der Waals surface area (Å²) in [6.07, 6.45) is -0.408. The summed E-state index contributed by atoms with van der Waals surface area (Å²) in [5.41, 5.74) is 1.01. The Bertz CT molecular complexity index is 479. The minimum absolute atomic E-state index is 0.0311. The molecule has 2 aromatic carbocycles. The first-order valence-electron chi connectivity index (χ1n) is 6.23. The van der Waals surface area contributed by atoms with Crippen LogP contribution < -0.4 is 5.30 Å². The second kappa shape index (κ2) is 5.65. The Morgan fingerprint density at radius 3 is 1.94 bits per heavy atom. The van der Waals surface area contributed by atoms with Crippen LogP contribution in [0.1, 0.15) is 25.5 Å². The molecule has 0 amide bonds. The van der Waals surface area contributed by atoms with Crippen molar-refractivity contribution < 1.29 is 5.11 Å². The second-order valence-electron chi connectivity index (χ2n) is 5.19. The van der Waals surface area contributed by atoms with Crippen molar-refractivity contribution in [3.63, 3.8) is 0 Å². The summed E-state index contributed by atoms with van der Waals surface area (Å²) in [6.45, 7) is 4.29. The molecule has 0 aromatic heterocycles. The average molecular weight is 259 g/mol. The van der Waals surface area contributed by atoms with Crippen molar-refractivity contribution in [2.75, 3.05) is 0 Å². The van der Waals surface area contributed by atoms with Crippen LogP contribution in [0.2, 0.25) is 0 Å². The second-order valence-corrected chi connectivity index (χ2v) is 7.63. The van der Waals surface area contributed by atoms with Gasteiger partial charge >= 0.3 is 0 Å². The maximum atomic E-state index is 10.5. The third-order valence-corrected chi connectivity index (χ3v) is 4.94. The van der Waals surface area contributed by atoms with Gasteiger partial charge in [0.1, 0.15) is 11.3 Å². The van der Waals surface area contributed by atoms with Crippen molar-refractivity contribution in [1.82, 2.24) is 0 Å². The molecule has 0 saturated carbocycles. The molecule has 1 nitrogen and oxygen atoms in total. The smallest absolute Gasteiger partial charge is 0.118 e. The van der Waals surface area contributed by atoms with Crippen LogP contribution in [0.4, 0.5) is 0 Å². The van der Waals surface area contributed by atoms with E-state index in [0.717, 1.165) is 5.56 Å². The zero-order valence-electron chi connectivity index (χ0n) is 10.9. The van der Waals surface area contributed by atoms with Gasteiger partial charge in [-0.1, -0.05) is 48.5 Å². The summed E-state index contributed by atoms with van der Waals surface area (Å²) in [7, 11) is 0.0311. The first-order chi connectivity index (χ1) is 8.59. The predicted molar refractivity (Wildman–Crippen MR) is 81.3 cm³/mol. The molecule has 2 unspecified atom stereocenters. The van der Waals surface area contributed by atoms with Gasteiger partial charge in [0, 0.05) is 8.58 Å². The molecule has 2 aromatic rings. The Morgan fingerprint density at radius 1 is 0.889 bits per heavy atom. The molecule has 2 rings (SSSR count). The average Bonchev–Trinajstić information content (AvgIpc) is 2.39. The van der Waals surface area contributed by atoms with E-state index in [4.69, 9.17) is 0 Å². The molecule has 18 heavy (non-hydrogen) atoms. The highest BCUT2D eigenvalue weighted by Gasteiger charge is 2.35. The number of aliphatic hydroxyl groups is 1. The summed E-state index contributed by atoms with van der Waals surface area (Å²) in [5.74, 6) is 0. The highest BCUT2D eigenvalue weighted by atomic mass is 31.1. The lowest BCUT2D eigenvalue weighted by molar-refractivity contribution is 0.143. The highest BCUT2D eigenvalue weighted by molar-refractivity contribution is 7.49. The van der Waals surface area contributed by atoms with E-state index in [1.54, 1.807) is 0 Å². The molecule has 0 heterocycles. The van der Waals surface area contributed by atoms with Crippen molar-refractivity contribution in [2.45, 2.75) is 25.1 Å². The lowest BCUT2D eigenvalue weighted by Gasteiger charge is -2.25. The van der Waals surface area contributed by atoms with Gasteiger partial charge in [0.25, 0.3) is 0 Å². The molecule has 0 radical (unpaired) electrons. The molecule has 0 fully saturated rings. The minimum atomic E-state index is -0.408. The van der Waals surface area contributed by atoms with Crippen molar-refractivity contribution in [2.24, 2.45) is 0 Å². The Hall–Kier alpha value is -1.17. The van der Waals surface area contributed by atoms with Crippen LogP contribution in [-0.4, -0.2) is 10.3 Å². The van der Waals surface area contributed by atoms with Gasteiger partial charge in [0.15, 0.2) is 0 Å². The molecule has 0 aliphatic carbocycles. The Labute approximate surface area is 111 Å². The van der Waals surface area contributed by atoms with Crippen LogP contribution in [0.5, 0.6) is 0 Å². The fraction of sp³-hybridized carbons (Fsp3) is 0.250. The largest absolute Gasteiger partial charge is 0.384 e. The van der Waals surface area contributed by atoms with E-state index in [1.807, 2.05) is 36.4 Å². The van der Waals surface area contributed by atoms with Crippen molar-refractivity contribution >= 4 is 13.9 Å². The fourth-order valence-electron chi connectivity index (χ4n) is 2.12. The molecule has 0 bridgehead atoms. The van der Waals surface area contributed by atoms with E-state index in [2.05, 4.69) is 38.1 Å². The van der Waals surface area contributed by atoms with Gasteiger partial charge in [-0.2, -0.15) is 0 Å². The van der Waals surface area contributed by atoms with Crippen LogP contribution in [0.25, 0.3) is 0 Å². The molecule has 2 atom stereocenters. The summed E-state index contributed by atoms with van der Waals surface area (Å²) < 4.78 is 0. The quantitative estimate of drug-likeness (QED) is 0.836. The summed E-state index contributed by atoms with van der Waals surface area (Å²) in [5, 5.41) is 11.8. The highest BCUT2D eigenvalue weighted by Crippen LogP contribution is 2.41. The van der Waals surface area contributed by atoms with Crippen molar-refractivity contribution in [1.29, 1.82) is 0 Å². The molecule has 0 aliphatic rings. The van der Waals surface area contributed by atoms with Gasteiger partial charge in [0.2, 0.25) is 0 Å². The third-order valence-electron chi connectivity index (χ3n) is 3.16. The molecular formula is C16H20OP+. The predicted octanol–water partition coefficient (Wildman–Crippen LogP) is 3.23. The van der Waals surface area contributed by atoms with Gasteiger partial charge < -0.3 is 5.11 Å². The lowest BCUT2D eigenvalue weighted by Crippen LogP contribution is -2.26. The lowest BCUT2D eigenvalue weighted by atomic mass is 9.98. The molecular weight excluding hydrogens is 239 g/mol. The van der Waals surface area contributed by atoms with E-state index < -0.39 is 6.10 Å². The van der Waals surface area contributed by atoms with Crippen LogP contribution in [0.3, 0.4) is 0 Å². The Kier molecular flexibility index (Phi) is 4.16. The number of aliphatic hydroxyl groups excluding tert-OH is 1. The van der Waals surface area contributed by atoms with Gasteiger partial charge in [-0.3, -0.25) is 0 Å². The SMILES string of the molecule is CC(C)([PH2+]c1ccccc1)C(O)c1ccccc1. The van der Waals surface area contributed by atoms with E-state index in [-0.39, 0.29) is 13.7 Å². The number of rotatable bonds is 4. The van der Waals surface area contributed by atoms with Crippen molar-refractivity contribution in [3.8, 4) is 0 Å². The zero-order valence-corrected chi connectivity index (χ0v) is 12.0. The van der Waals surface area contributed by atoms with E-state index >= 15 is 0 Å². The number of benzene rings is 2. The van der Waals surface area contributed by atoms with Crippen LogP contribution >= 0.6 is 8.58 Å². The molecule has 94 valence electrons. The number of hydrogen-bond acceptors (Lipinski definition) is 1.